The zero-order chi connectivity index (χ0) is 32.1. The molecule has 0 bridgehead atoms. The lowest BCUT2D eigenvalue weighted by molar-refractivity contribution is -0.148. The number of carbonyl (C=O) groups excluding carboxylic acids is 4. The summed E-state index contributed by atoms with van der Waals surface area (Å²) in [5, 5.41) is 4.89. The van der Waals surface area contributed by atoms with Gasteiger partial charge in [0.25, 0.3) is 0 Å². The van der Waals surface area contributed by atoms with Crippen LogP contribution in [-0.4, -0.2) is 94.8 Å². The molecule has 2 aromatic carbocycles. The van der Waals surface area contributed by atoms with Crippen LogP contribution in [0.15, 0.2) is 60.7 Å². The Bertz CT molecular complexity index is 1420. The minimum absolute atomic E-state index is 0. The smallest absolute Gasteiger partial charge is 0.244 e. The standard InChI is InChI=1S/2C15H17BrN2O3S.2H2O/c2*1-15(2)11(18-13(20)10(16)14(18)22(15)21)12(19)17-8-9-6-4-3-5-7-9;;/h2*3-7,10-11,14H,8H2,1-2H3,(H,17,19);2*1H2/t2*10-,11-,14+,22+;;/m00../s1. The summed E-state index contributed by atoms with van der Waals surface area (Å²) >= 11 is 6.52. The van der Waals surface area contributed by atoms with Crippen LogP contribution in [0.3, 0.4) is 0 Å². The molecule has 4 amide bonds. The van der Waals surface area contributed by atoms with Gasteiger partial charge in [-0.05, 0) is 38.8 Å². The van der Waals surface area contributed by atoms with E-state index < -0.39 is 63.6 Å². The van der Waals surface area contributed by atoms with Crippen molar-refractivity contribution >= 4 is 77.1 Å². The van der Waals surface area contributed by atoms with Crippen molar-refractivity contribution in [1.82, 2.24) is 20.4 Å². The summed E-state index contributed by atoms with van der Waals surface area (Å²) in [7, 11) is -2.55. The van der Waals surface area contributed by atoms with E-state index in [1.165, 1.54) is 9.80 Å². The number of halogens is 2. The molecule has 0 unspecified atom stereocenters. The number of nitrogens with one attached hydrogen (secondary N) is 2. The minimum Gasteiger partial charge on any atom is -0.412 e. The first-order valence-electron chi connectivity index (χ1n) is 14.1. The number of β-lactam (4-membered cyclic amide) rings is 2. The molecule has 12 nitrogen and oxygen atoms in total. The summed E-state index contributed by atoms with van der Waals surface area (Å²) < 4.78 is 23.6. The average molecular weight is 807 g/mol. The van der Waals surface area contributed by atoms with Gasteiger partial charge in [0.2, 0.25) is 23.6 Å². The highest BCUT2D eigenvalue weighted by molar-refractivity contribution is 9.10. The molecule has 0 aromatic heterocycles. The Morgan fingerprint density at radius 3 is 1.28 bits per heavy atom. The summed E-state index contributed by atoms with van der Waals surface area (Å²) in [5.41, 5.74) is 1.97. The fraction of sp³-hybridized carbons (Fsp3) is 0.467. The molecule has 0 spiro atoms. The number of amides is 4. The van der Waals surface area contributed by atoms with Crippen molar-refractivity contribution in [1.29, 1.82) is 0 Å². The van der Waals surface area contributed by atoms with E-state index in [0.717, 1.165) is 11.1 Å². The van der Waals surface area contributed by atoms with E-state index in [2.05, 4.69) is 42.5 Å². The Balaban J connectivity index is 0.000000240. The van der Waals surface area contributed by atoms with Gasteiger partial charge in [0, 0.05) is 13.1 Å². The zero-order valence-electron chi connectivity index (χ0n) is 25.6. The topological polar surface area (TPSA) is 196 Å². The number of hydrogen-bond donors (Lipinski definition) is 2. The first-order chi connectivity index (χ1) is 20.7. The van der Waals surface area contributed by atoms with Gasteiger partial charge in [-0.1, -0.05) is 92.5 Å². The Morgan fingerprint density at radius 1 is 0.674 bits per heavy atom. The summed E-state index contributed by atoms with van der Waals surface area (Å²) in [6, 6.07) is 17.7. The molecule has 4 fully saturated rings. The number of hydrogen-bond acceptors (Lipinski definition) is 6. The van der Waals surface area contributed by atoms with Gasteiger partial charge in [-0.3, -0.25) is 27.6 Å². The molecule has 6 rings (SSSR count). The fourth-order valence-electron chi connectivity index (χ4n) is 6.03. The van der Waals surface area contributed by atoms with E-state index >= 15 is 0 Å². The first-order valence-corrected chi connectivity index (χ1v) is 18.3. The maximum Gasteiger partial charge on any atom is 0.244 e. The number of nitrogens with zero attached hydrogens (tertiary/aromatic N) is 2. The van der Waals surface area contributed by atoms with E-state index in [1.807, 2.05) is 60.7 Å². The van der Waals surface area contributed by atoms with E-state index in [1.54, 1.807) is 27.7 Å². The average Bonchev–Trinajstić information content (AvgIpc) is 3.33. The number of alkyl halides is 2. The van der Waals surface area contributed by atoms with Crippen molar-refractivity contribution in [2.45, 2.75) is 82.8 Å². The molecular formula is C30H38Br2N4O8S2. The highest BCUT2D eigenvalue weighted by Gasteiger charge is 2.68. The van der Waals surface area contributed by atoms with E-state index in [-0.39, 0.29) is 34.6 Å². The van der Waals surface area contributed by atoms with Crippen molar-refractivity contribution in [3.8, 4) is 0 Å². The normalized spacial score (nSPS) is 30.9. The Labute approximate surface area is 289 Å². The van der Waals surface area contributed by atoms with Crippen LogP contribution >= 0.6 is 31.9 Å². The quantitative estimate of drug-likeness (QED) is 0.318. The zero-order valence-corrected chi connectivity index (χ0v) is 30.4. The van der Waals surface area contributed by atoms with Gasteiger partial charge in [-0.2, -0.15) is 0 Å². The van der Waals surface area contributed by atoms with Crippen LogP contribution in [0.25, 0.3) is 0 Å². The van der Waals surface area contributed by atoms with Crippen LogP contribution in [0.4, 0.5) is 0 Å². The van der Waals surface area contributed by atoms with Gasteiger partial charge in [0.1, 0.15) is 32.5 Å². The predicted molar refractivity (Wildman–Crippen MR) is 183 cm³/mol. The van der Waals surface area contributed by atoms with Crippen LogP contribution in [0.2, 0.25) is 0 Å². The predicted octanol–water partition coefficient (Wildman–Crippen LogP) is 0.639. The summed E-state index contributed by atoms with van der Waals surface area (Å²) in [5.74, 6) is -0.831. The summed E-state index contributed by atoms with van der Waals surface area (Å²) in [6.45, 7) is 7.90. The van der Waals surface area contributed by atoms with Crippen molar-refractivity contribution in [2.24, 2.45) is 0 Å². The molecule has 0 saturated carbocycles. The largest absolute Gasteiger partial charge is 0.412 e. The molecule has 16 heteroatoms. The highest BCUT2D eigenvalue weighted by atomic mass is 79.9. The first kappa shape index (κ1) is 38.0. The Kier molecular flexibility index (Phi) is 11.8. The Hall–Kier alpha value is -2.50. The van der Waals surface area contributed by atoms with Crippen LogP contribution in [-0.2, 0) is 53.9 Å². The number of benzene rings is 2. The van der Waals surface area contributed by atoms with E-state index in [9.17, 15) is 27.6 Å². The lowest BCUT2D eigenvalue weighted by Crippen LogP contribution is -2.65. The Morgan fingerprint density at radius 2 is 0.978 bits per heavy atom. The minimum atomic E-state index is -1.27. The van der Waals surface area contributed by atoms with Crippen molar-refractivity contribution in [2.75, 3.05) is 0 Å². The second-order valence-corrected chi connectivity index (χ2v) is 18.3. The van der Waals surface area contributed by atoms with Crippen LogP contribution in [0.5, 0.6) is 0 Å². The van der Waals surface area contributed by atoms with Gasteiger partial charge >= 0.3 is 0 Å². The van der Waals surface area contributed by atoms with Crippen LogP contribution in [0.1, 0.15) is 38.8 Å². The molecule has 0 aliphatic carbocycles. The molecule has 4 aliphatic heterocycles. The van der Waals surface area contributed by atoms with Crippen molar-refractivity contribution < 1.29 is 38.5 Å². The molecule has 4 saturated heterocycles. The van der Waals surface area contributed by atoms with Gasteiger partial charge < -0.3 is 31.4 Å². The maximum atomic E-state index is 12.6. The molecule has 6 N–H and O–H groups in total. The summed E-state index contributed by atoms with van der Waals surface area (Å²) in [4.78, 5) is 51.2. The second-order valence-electron chi connectivity index (χ2n) is 12.1. The molecule has 8 atom stereocenters. The van der Waals surface area contributed by atoms with Crippen LogP contribution in [0, 0.1) is 0 Å². The molecule has 4 aliphatic rings. The molecular weight excluding hydrogens is 768 g/mol. The lowest BCUT2D eigenvalue weighted by atomic mass is 9.97. The molecule has 46 heavy (non-hydrogen) atoms. The van der Waals surface area contributed by atoms with Crippen LogP contribution < -0.4 is 10.6 Å². The molecule has 252 valence electrons. The molecule has 4 heterocycles. The lowest BCUT2D eigenvalue weighted by Gasteiger charge is -2.41. The monoisotopic (exact) mass is 804 g/mol. The van der Waals surface area contributed by atoms with Gasteiger partial charge in [0.15, 0.2) is 0 Å². The summed E-state index contributed by atoms with van der Waals surface area (Å²) in [6.07, 6.45) is 0. The molecule has 2 aromatic rings. The van der Waals surface area contributed by atoms with E-state index in [0.29, 0.717) is 13.1 Å². The third-order valence-electron chi connectivity index (χ3n) is 8.49. The second kappa shape index (κ2) is 14.3. The number of carbonyl (C=O) groups is 4. The third kappa shape index (κ3) is 6.35. The third-order valence-corrected chi connectivity index (χ3v) is 15.4. The maximum absolute atomic E-state index is 12.6. The highest BCUT2D eigenvalue weighted by Crippen LogP contribution is 2.47. The van der Waals surface area contributed by atoms with Gasteiger partial charge in [-0.15, -0.1) is 0 Å². The SMILES string of the molecule is CC1(C)[C@H](C(=O)NCc2ccccc2)N2C(=O)[C@H](Br)[C@H]2[S@]1=O.CC1(C)[C@H](C(=O)NCc2ccccc2)N2C(=O)[C@H](Br)[C@H]2[S@]1=O.O.O. The van der Waals surface area contributed by atoms with Crippen molar-refractivity contribution in [3.05, 3.63) is 71.8 Å². The van der Waals surface area contributed by atoms with Gasteiger partial charge in [0.05, 0.1) is 31.1 Å². The number of rotatable bonds is 6. The van der Waals surface area contributed by atoms with Gasteiger partial charge in [-0.25, -0.2) is 0 Å². The fourth-order valence-corrected chi connectivity index (χ4v) is 11.8. The van der Waals surface area contributed by atoms with E-state index in [4.69, 9.17) is 0 Å². The number of fused-ring (bicyclic) bond motifs is 2. The molecule has 0 radical (unpaired) electrons. The van der Waals surface area contributed by atoms with Crippen molar-refractivity contribution in [3.63, 3.8) is 0 Å².